The van der Waals surface area contributed by atoms with Gasteiger partial charge in [0.15, 0.2) is 0 Å². The van der Waals surface area contributed by atoms with Crippen molar-refractivity contribution in [3.05, 3.63) is 102 Å². The molecule has 0 bridgehead atoms. The Hall–Kier alpha value is -2.74. The molecule has 2 aromatic rings. The molecule has 0 saturated heterocycles. The Bertz CT molecular complexity index is 995. The average Bonchev–Trinajstić information content (AvgIpc) is 2.76. The van der Waals surface area contributed by atoms with Gasteiger partial charge in [-0.25, -0.2) is 0 Å². The first kappa shape index (κ1) is 22.0. The van der Waals surface area contributed by atoms with E-state index in [1.807, 2.05) is 0 Å². The molecule has 1 atom stereocenters. The van der Waals surface area contributed by atoms with E-state index in [1.165, 1.54) is 39.8 Å². The van der Waals surface area contributed by atoms with Crippen LogP contribution in [-0.4, -0.2) is 6.71 Å². The molecule has 154 valence electrons. The lowest BCUT2D eigenvalue weighted by molar-refractivity contribution is 0.572. The minimum atomic E-state index is 0.213. The van der Waals surface area contributed by atoms with E-state index in [9.17, 15) is 0 Å². The second-order valence-corrected chi connectivity index (χ2v) is 8.36. The smallest absolute Gasteiger partial charge is 0.246 e. The minimum absolute atomic E-state index is 0.213. The lowest BCUT2D eigenvalue weighted by Crippen LogP contribution is -2.52. The molecular formula is C28H34BN. The number of allylic oxidation sites excluding steroid dienone is 6. The molecule has 0 aliphatic carbocycles. The highest BCUT2D eigenvalue weighted by molar-refractivity contribution is 6.93. The lowest BCUT2D eigenvalue weighted by Gasteiger charge is -2.39. The van der Waals surface area contributed by atoms with E-state index in [1.54, 1.807) is 0 Å². The summed E-state index contributed by atoms with van der Waals surface area (Å²) < 4.78 is 0. The fourth-order valence-electron chi connectivity index (χ4n) is 4.29. The van der Waals surface area contributed by atoms with Crippen molar-refractivity contribution >= 4 is 23.3 Å². The van der Waals surface area contributed by atoms with Crippen molar-refractivity contribution in [1.82, 2.24) is 0 Å². The molecule has 30 heavy (non-hydrogen) atoms. The summed E-state index contributed by atoms with van der Waals surface area (Å²) in [7, 11) is 0. The van der Waals surface area contributed by atoms with Crippen LogP contribution in [0.4, 0.5) is 5.69 Å². The predicted octanol–water partition coefficient (Wildman–Crippen LogP) is 6.32. The van der Waals surface area contributed by atoms with Crippen LogP contribution in [0.3, 0.4) is 0 Å². The lowest BCUT2D eigenvalue weighted by atomic mass is 9.33. The van der Waals surface area contributed by atoms with Gasteiger partial charge in [-0.3, -0.25) is 0 Å². The van der Waals surface area contributed by atoms with Crippen LogP contribution in [0.5, 0.6) is 0 Å². The topological polar surface area (TPSA) is 3.24 Å². The number of fused-ring (bicyclic) bond motifs is 1. The zero-order valence-electron chi connectivity index (χ0n) is 19.2. The molecular weight excluding hydrogens is 361 g/mol. The minimum Gasteiger partial charge on any atom is -0.316 e. The Labute approximate surface area is 183 Å². The van der Waals surface area contributed by atoms with Crippen LogP contribution >= 0.6 is 0 Å². The van der Waals surface area contributed by atoms with Gasteiger partial charge in [-0.15, -0.1) is 0 Å². The molecule has 2 heteroatoms. The Morgan fingerprint density at radius 2 is 1.77 bits per heavy atom. The van der Waals surface area contributed by atoms with E-state index < -0.39 is 0 Å². The number of para-hydroxylation sites is 1. The number of nitrogens with zero attached hydrogens (tertiary/aromatic N) is 1. The molecule has 0 spiro atoms. The second-order valence-electron chi connectivity index (χ2n) is 8.36. The van der Waals surface area contributed by atoms with Gasteiger partial charge in [0.1, 0.15) is 0 Å². The summed E-state index contributed by atoms with van der Waals surface area (Å²) in [5.41, 5.74) is 8.77. The third kappa shape index (κ3) is 4.38. The van der Waals surface area contributed by atoms with Crippen LogP contribution in [0.15, 0.2) is 96.3 Å². The molecule has 0 saturated carbocycles. The summed E-state index contributed by atoms with van der Waals surface area (Å²) >= 11 is 0. The molecule has 1 aliphatic rings. The quantitative estimate of drug-likeness (QED) is 0.409. The van der Waals surface area contributed by atoms with Crippen LogP contribution in [0.25, 0.3) is 0 Å². The van der Waals surface area contributed by atoms with Gasteiger partial charge in [0.05, 0.1) is 0 Å². The number of benzene rings is 2. The zero-order chi connectivity index (χ0) is 21.7. The highest BCUT2D eigenvalue weighted by atomic mass is 15.2. The van der Waals surface area contributed by atoms with Gasteiger partial charge in [-0.1, -0.05) is 98.6 Å². The first-order valence-electron chi connectivity index (χ1n) is 11.1. The van der Waals surface area contributed by atoms with Crippen LogP contribution in [-0.2, 0) is 0 Å². The van der Waals surface area contributed by atoms with E-state index in [-0.39, 0.29) is 6.71 Å². The molecule has 0 radical (unpaired) electrons. The van der Waals surface area contributed by atoms with Gasteiger partial charge in [0.2, 0.25) is 6.71 Å². The Morgan fingerprint density at radius 3 is 2.43 bits per heavy atom. The maximum Gasteiger partial charge on any atom is 0.246 e. The molecule has 0 amide bonds. The number of rotatable bonds is 6. The zero-order valence-corrected chi connectivity index (χ0v) is 19.2. The standard InChI is InChI=1S/C28H34BN/c1-7-21(3)15-9-11-17-23(5)30-24(6)25(8-2)29(26-18-12-10-16-22(26)4)27-19-13-14-20-28(27)30/h8-14,16-21H,6-7,15H2,1-5H3/b11-9-,23-17+,25-8+. The number of anilines is 1. The van der Waals surface area contributed by atoms with Crippen LogP contribution in [0.1, 0.15) is 46.1 Å². The second kappa shape index (κ2) is 9.85. The van der Waals surface area contributed by atoms with Crippen molar-refractivity contribution in [2.24, 2.45) is 5.92 Å². The third-order valence-corrected chi connectivity index (χ3v) is 6.27. The normalized spacial score (nSPS) is 17.0. The van der Waals surface area contributed by atoms with Crippen LogP contribution < -0.4 is 15.8 Å². The third-order valence-electron chi connectivity index (χ3n) is 6.27. The first-order chi connectivity index (χ1) is 14.5. The van der Waals surface area contributed by atoms with Gasteiger partial charge >= 0.3 is 0 Å². The van der Waals surface area contributed by atoms with E-state index in [2.05, 4.69) is 119 Å². The predicted molar refractivity (Wildman–Crippen MR) is 135 cm³/mol. The summed E-state index contributed by atoms with van der Waals surface area (Å²) in [4.78, 5) is 2.31. The van der Waals surface area contributed by atoms with Crippen LogP contribution in [0.2, 0.25) is 0 Å². The van der Waals surface area contributed by atoms with Gasteiger partial charge in [0, 0.05) is 17.1 Å². The highest BCUT2D eigenvalue weighted by Gasteiger charge is 2.36. The molecule has 2 aromatic carbocycles. The van der Waals surface area contributed by atoms with Crippen molar-refractivity contribution in [3.8, 4) is 0 Å². The maximum absolute atomic E-state index is 4.54. The van der Waals surface area contributed by atoms with E-state index in [0.29, 0.717) is 0 Å². The van der Waals surface area contributed by atoms with Gasteiger partial charge in [-0.2, -0.15) is 0 Å². The van der Waals surface area contributed by atoms with E-state index in [0.717, 1.165) is 18.0 Å². The van der Waals surface area contributed by atoms with Crippen molar-refractivity contribution in [2.45, 2.75) is 47.5 Å². The SMILES string of the molecule is C=C1/C(=C\C)B(c2ccccc2C)c2ccccc2N1/C(C)=C/C=C\CC(C)CC. The molecule has 0 fully saturated rings. The molecule has 0 aromatic heterocycles. The van der Waals surface area contributed by atoms with Crippen molar-refractivity contribution in [1.29, 1.82) is 0 Å². The van der Waals surface area contributed by atoms with Crippen LogP contribution in [0, 0.1) is 12.8 Å². The van der Waals surface area contributed by atoms with E-state index in [4.69, 9.17) is 0 Å². The van der Waals surface area contributed by atoms with Gasteiger partial charge in [-0.05, 0) is 56.2 Å². The van der Waals surface area contributed by atoms with Gasteiger partial charge in [0.25, 0.3) is 0 Å². The maximum atomic E-state index is 4.54. The van der Waals surface area contributed by atoms with E-state index >= 15 is 0 Å². The summed E-state index contributed by atoms with van der Waals surface area (Å²) in [6, 6.07) is 17.5. The van der Waals surface area contributed by atoms with Gasteiger partial charge < -0.3 is 4.90 Å². The fraction of sp³-hybridized carbons (Fsp3) is 0.286. The molecule has 1 aliphatic heterocycles. The molecule has 0 N–H and O–H groups in total. The summed E-state index contributed by atoms with van der Waals surface area (Å²) in [6.07, 6.45) is 11.3. The molecule has 1 unspecified atom stereocenters. The Balaban J connectivity index is 2.06. The molecule has 1 heterocycles. The molecule has 3 rings (SSSR count). The monoisotopic (exact) mass is 395 g/mol. The molecule has 1 nitrogen and oxygen atoms in total. The first-order valence-corrected chi connectivity index (χ1v) is 11.1. The van der Waals surface area contributed by atoms with Crippen molar-refractivity contribution in [3.63, 3.8) is 0 Å². The fourth-order valence-corrected chi connectivity index (χ4v) is 4.29. The highest BCUT2D eigenvalue weighted by Crippen LogP contribution is 2.33. The number of hydrogen-bond acceptors (Lipinski definition) is 1. The largest absolute Gasteiger partial charge is 0.316 e. The van der Waals surface area contributed by atoms with Crippen molar-refractivity contribution < 1.29 is 0 Å². The summed E-state index contributed by atoms with van der Waals surface area (Å²) in [5, 5.41) is 0. The Kier molecular flexibility index (Phi) is 7.21. The Morgan fingerprint density at radius 1 is 1.10 bits per heavy atom. The average molecular weight is 395 g/mol. The van der Waals surface area contributed by atoms with Crippen molar-refractivity contribution in [2.75, 3.05) is 4.90 Å². The summed E-state index contributed by atoms with van der Waals surface area (Å²) in [6.45, 7) is 15.8. The number of aryl methyl sites for hydroxylation is 1. The summed E-state index contributed by atoms with van der Waals surface area (Å²) in [5.74, 6) is 0.727. The number of hydrogen-bond donors (Lipinski definition) is 0.